The number of carbonyl (C=O) groups is 1. The Bertz CT molecular complexity index is 849. The first-order valence-corrected chi connectivity index (χ1v) is 9.42. The molecule has 1 saturated heterocycles. The van der Waals surface area contributed by atoms with Crippen molar-refractivity contribution in [3.63, 3.8) is 0 Å². The molecule has 0 aliphatic carbocycles. The van der Waals surface area contributed by atoms with E-state index < -0.39 is 11.4 Å². The maximum atomic E-state index is 11.8. The van der Waals surface area contributed by atoms with Crippen molar-refractivity contribution in [3.8, 4) is 0 Å². The molecule has 0 spiro atoms. The van der Waals surface area contributed by atoms with Crippen molar-refractivity contribution in [2.24, 2.45) is 0 Å². The molecule has 0 saturated carbocycles. The maximum Gasteiger partial charge on any atom is 0.313 e. The molecule has 0 radical (unpaired) electrons. The fraction of sp³-hybridized carbons (Fsp3) is 0.500. The molecule has 1 aliphatic rings. The summed E-state index contributed by atoms with van der Waals surface area (Å²) < 4.78 is 5.43. The van der Waals surface area contributed by atoms with E-state index in [0.29, 0.717) is 43.6 Å². The van der Waals surface area contributed by atoms with E-state index in [0.717, 1.165) is 11.4 Å². The van der Waals surface area contributed by atoms with Crippen molar-refractivity contribution in [1.29, 1.82) is 0 Å². The van der Waals surface area contributed by atoms with Crippen molar-refractivity contribution in [2.75, 3.05) is 36.5 Å². The zero-order chi connectivity index (χ0) is 20.3. The van der Waals surface area contributed by atoms with Crippen molar-refractivity contribution < 1.29 is 14.6 Å². The lowest BCUT2D eigenvalue weighted by Crippen LogP contribution is -2.40. The Morgan fingerprint density at radius 2 is 2.00 bits per heavy atom. The molecule has 1 aliphatic heterocycles. The van der Waals surface area contributed by atoms with Gasteiger partial charge >= 0.3 is 5.97 Å². The van der Waals surface area contributed by atoms with Crippen LogP contribution in [0.15, 0.2) is 24.4 Å². The van der Waals surface area contributed by atoms with Crippen LogP contribution in [-0.4, -0.2) is 52.3 Å². The van der Waals surface area contributed by atoms with Crippen molar-refractivity contribution >= 4 is 17.7 Å². The molecular weight excluding hydrogens is 358 g/mol. The number of morpholine rings is 1. The molecule has 3 rings (SSSR count). The largest absolute Gasteiger partial charge is 0.481 e. The summed E-state index contributed by atoms with van der Waals surface area (Å²) in [6.07, 6.45) is 1.62. The number of ether oxygens (including phenoxy) is 1. The van der Waals surface area contributed by atoms with E-state index >= 15 is 0 Å². The van der Waals surface area contributed by atoms with E-state index in [2.05, 4.69) is 20.2 Å². The number of aliphatic carboxylic acids is 1. The summed E-state index contributed by atoms with van der Waals surface area (Å²) >= 11 is 0. The third-order valence-corrected chi connectivity index (χ3v) is 4.99. The minimum Gasteiger partial charge on any atom is -0.481 e. The predicted octanol–water partition coefficient (Wildman–Crippen LogP) is 2.55. The Hall–Kier alpha value is -2.74. The first kappa shape index (κ1) is 20.0. The molecular formula is C20H27N5O3. The minimum atomic E-state index is -1.10. The van der Waals surface area contributed by atoms with Gasteiger partial charge in [0.1, 0.15) is 5.82 Å². The van der Waals surface area contributed by atoms with E-state index in [1.165, 1.54) is 0 Å². The summed E-state index contributed by atoms with van der Waals surface area (Å²) in [4.78, 5) is 27.5. The van der Waals surface area contributed by atoms with Crippen LogP contribution in [0, 0.1) is 6.92 Å². The van der Waals surface area contributed by atoms with Gasteiger partial charge in [0.15, 0.2) is 0 Å². The number of aryl methyl sites for hydroxylation is 1. The Morgan fingerprint density at radius 3 is 2.64 bits per heavy atom. The third kappa shape index (κ3) is 4.22. The highest BCUT2D eigenvalue weighted by molar-refractivity contribution is 5.82. The standard InChI is InChI=1S/C20H27N5O3/c1-13-6-5-7-16(22-13)14(2)23-19-21-12-15(20(3,4)18(26)27)17(24-19)25-8-10-28-11-9-25/h5-7,12,14H,8-11H2,1-4H3,(H,26,27)(H,21,23,24). The number of nitrogens with one attached hydrogen (secondary N) is 1. The lowest BCUT2D eigenvalue weighted by atomic mass is 9.85. The van der Waals surface area contributed by atoms with Gasteiger partial charge in [-0.25, -0.2) is 4.98 Å². The smallest absolute Gasteiger partial charge is 0.313 e. The molecule has 1 atom stereocenters. The van der Waals surface area contributed by atoms with Crippen molar-refractivity contribution in [3.05, 3.63) is 41.3 Å². The van der Waals surface area contributed by atoms with Crippen molar-refractivity contribution in [2.45, 2.75) is 39.2 Å². The van der Waals surface area contributed by atoms with E-state index in [9.17, 15) is 9.90 Å². The number of hydrogen-bond acceptors (Lipinski definition) is 7. The van der Waals surface area contributed by atoms with Gasteiger partial charge in [-0.2, -0.15) is 4.98 Å². The highest BCUT2D eigenvalue weighted by Gasteiger charge is 2.35. The van der Waals surface area contributed by atoms with E-state index in [4.69, 9.17) is 9.72 Å². The second-order valence-electron chi connectivity index (χ2n) is 7.53. The molecule has 150 valence electrons. The van der Waals surface area contributed by atoms with Crippen LogP contribution < -0.4 is 10.2 Å². The van der Waals surface area contributed by atoms with Crippen LogP contribution in [-0.2, 0) is 14.9 Å². The SMILES string of the molecule is Cc1cccc(C(C)Nc2ncc(C(C)(C)C(=O)O)c(N3CCOCC3)n2)n1. The summed E-state index contributed by atoms with van der Waals surface area (Å²) in [6.45, 7) is 9.78. The lowest BCUT2D eigenvalue weighted by Gasteiger charge is -2.32. The minimum absolute atomic E-state index is 0.0872. The molecule has 1 unspecified atom stereocenters. The molecule has 2 N–H and O–H groups in total. The molecule has 2 aromatic rings. The monoisotopic (exact) mass is 385 g/mol. The number of hydrogen-bond donors (Lipinski definition) is 2. The normalized spacial score (nSPS) is 15.9. The molecule has 0 amide bonds. The van der Waals surface area contributed by atoms with Crippen LogP contribution in [0.3, 0.4) is 0 Å². The van der Waals surface area contributed by atoms with E-state index in [1.807, 2.05) is 32.0 Å². The summed E-state index contributed by atoms with van der Waals surface area (Å²) in [7, 11) is 0. The van der Waals surface area contributed by atoms with E-state index in [-0.39, 0.29) is 6.04 Å². The second kappa shape index (κ2) is 8.10. The van der Waals surface area contributed by atoms with Gasteiger partial charge in [-0.1, -0.05) is 6.07 Å². The molecule has 8 heteroatoms. The van der Waals surface area contributed by atoms with Crippen LogP contribution in [0.1, 0.15) is 43.8 Å². The predicted molar refractivity (Wildman–Crippen MR) is 107 cm³/mol. The van der Waals surface area contributed by atoms with Gasteiger partial charge in [0, 0.05) is 30.5 Å². The van der Waals surface area contributed by atoms with Crippen LogP contribution in [0.2, 0.25) is 0 Å². The Kier molecular flexibility index (Phi) is 5.79. The summed E-state index contributed by atoms with van der Waals surface area (Å²) in [5.41, 5.74) is 1.33. The first-order valence-electron chi connectivity index (χ1n) is 9.42. The Morgan fingerprint density at radius 1 is 1.29 bits per heavy atom. The van der Waals surface area contributed by atoms with Gasteiger partial charge in [-0.05, 0) is 39.8 Å². The van der Waals surface area contributed by atoms with Gasteiger partial charge in [0.25, 0.3) is 0 Å². The molecule has 8 nitrogen and oxygen atoms in total. The molecule has 0 aromatic carbocycles. The number of carboxylic acids is 1. The first-order chi connectivity index (χ1) is 13.3. The van der Waals surface area contributed by atoms with E-state index in [1.54, 1.807) is 20.0 Å². The quantitative estimate of drug-likeness (QED) is 0.782. The average molecular weight is 385 g/mol. The maximum absolute atomic E-state index is 11.8. The fourth-order valence-corrected chi connectivity index (χ4v) is 3.09. The number of nitrogens with zero attached hydrogens (tertiary/aromatic N) is 4. The van der Waals surface area contributed by atoms with Gasteiger partial charge in [0.2, 0.25) is 5.95 Å². The fourth-order valence-electron chi connectivity index (χ4n) is 3.09. The number of carboxylic acid groups (broad SMARTS) is 1. The highest BCUT2D eigenvalue weighted by Crippen LogP contribution is 2.32. The summed E-state index contributed by atoms with van der Waals surface area (Å²) in [6, 6.07) is 5.78. The number of pyridine rings is 1. The molecule has 1 fully saturated rings. The number of anilines is 2. The number of aromatic nitrogens is 3. The van der Waals surface area contributed by atoms with Gasteiger partial charge in [0.05, 0.1) is 30.4 Å². The van der Waals surface area contributed by atoms with Gasteiger partial charge in [-0.3, -0.25) is 9.78 Å². The average Bonchev–Trinajstić information content (AvgIpc) is 2.68. The molecule has 2 aromatic heterocycles. The molecule has 3 heterocycles. The summed E-state index contributed by atoms with van der Waals surface area (Å²) in [5, 5.41) is 13.0. The van der Waals surface area contributed by atoms with Crippen LogP contribution in [0.25, 0.3) is 0 Å². The van der Waals surface area contributed by atoms with Crippen LogP contribution in [0.5, 0.6) is 0 Å². The Balaban J connectivity index is 1.94. The molecule has 0 bridgehead atoms. The highest BCUT2D eigenvalue weighted by atomic mass is 16.5. The molecule has 28 heavy (non-hydrogen) atoms. The topological polar surface area (TPSA) is 100 Å². The zero-order valence-corrected chi connectivity index (χ0v) is 16.8. The zero-order valence-electron chi connectivity index (χ0n) is 16.8. The van der Waals surface area contributed by atoms with Gasteiger partial charge < -0.3 is 20.1 Å². The second-order valence-corrected chi connectivity index (χ2v) is 7.53. The number of rotatable bonds is 6. The van der Waals surface area contributed by atoms with Crippen molar-refractivity contribution in [1.82, 2.24) is 15.0 Å². The van der Waals surface area contributed by atoms with Crippen LogP contribution in [0.4, 0.5) is 11.8 Å². The third-order valence-electron chi connectivity index (χ3n) is 4.99. The van der Waals surface area contributed by atoms with Gasteiger partial charge in [-0.15, -0.1) is 0 Å². The summed E-state index contributed by atoms with van der Waals surface area (Å²) in [5.74, 6) is 0.170. The Labute approximate surface area is 165 Å². The van der Waals surface area contributed by atoms with Crippen LogP contribution >= 0.6 is 0 Å². The lowest BCUT2D eigenvalue weighted by molar-refractivity contribution is -0.142.